The predicted octanol–water partition coefficient (Wildman–Crippen LogP) is 8.27. The first-order chi connectivity index (χ1) is 20.6. The summed E-state index contributed by atoms with van der Waals surface area (Å²) in [5.74, 6) is 0.614. The lowest BCUT2D eigenvalue weighted by atomic mass is 9.74. The average Bonchev–Trinajstić information content (AvgIpc) is 3.35. The van der Waals surface area contributed by atoms with Crippen molar-refractivity contribution in [2.45, 2.75) is 87.7 Å². The number of hydrogen-bond acceptors (Lipinski definition) is 7. The Labute approximate surface area is 268 Å². The van der Waals surface area contributed by atoms with E-state index in [2.05, 4.69) is 10.2 Å². The normalized spacial score (nSPS) is 18.1. The molecule has 1 saturated heterocycles. The van der Waals surface area contributed by atoms with Gasteiger partial charge in [0.05, 0.1) is 28.0 Å². The molecule has 0 radical (unpaired) electrons. The van der Waals surface area contributed by atoms with Crippen molar-refractivity contribution in [1.29, 1.82) is 0 Å². The number of nitrogens with one attached hydrogen (secondary N) is 1. The molecule has 2 aliphatic rings. The smallest absolute Gasteiger partial charge is 0.407 e. The van der Waals surface area contributed by atoms with E-state index < -0.39 is 5.60 Å². The van der Waals surface area contributed by atoms with E-state index in [1.54, 1.807) is 6.07 Å². The number of carbonyl (C=O) groups is 1. The number of carbonyl (C=O) groups excluding carboxylic acids is 1. The summed E-state index contributed by atoms with van der Waals surface area (Å²) in [6.45, 7) is 7.38. The Morgan fingerprint density at radius 3 is 2.56 bits per heavy atom. The fraction of sp³-hybridized carbons (Fsp3) is 0.455. The first-order valence-electron chi connectivity index (χ1n) is 14.7. The van der Waals surface area contributed by atoms with Crippen molar-refractivity contribution in [2.24, 2.45) is 5.41 Å². The minimum atomic E-state index is -0.532. The fourth-order valence-corrected chi connectivity index (χ4v) is 7.48. The Balaban J connectivity index is 1.38. The molecule has 230 valence electrons. The second-order valence-corrected chi connectivity index (χ2v) is 14.1. The standard InChI is InChI=1S/C33H39Cl2N3O4S/c1-32(2,3)42-31(40)37-28-13-8-14-33(28)15-17-38(18-16-33)25-19-26(41-21-22-9-5-4-6-10-22)30(36-24(25)20-39)43-27-12-7-11-23(34)29(27)35/h4-7,9-12,19,28,39H,8,13-18,20-21H2,1-3H3,(H,37,40)/t28-/m1/s1. The number of anilines is 1. The molecule has 5 rings (SSSR count). The molecule has 2 fully saturated rings. The van der Waals surface area contributed by atoms with Crippen molar-refractivity contribution in [2.75, 3.05) is 18.0 Å². The zero-order chi connectivity index (χ0) is 30.6. The zero-order valence-electron chi connectivity index (χ0n) is 24.9. The number of aliphatic hydroxyl groups excluding tert-OH is 1. The Morgan fingerprint density at radius 1 is 1.12 bits per heavy atom. The first kappa shape index (κ1) is 31.8. The summed E-state index contributed by atoms with van der Waals surface area (Å²) in [5.41, 5.74) is 1.98. The molecule has 0 unspecified atom stereocenters. The van der Waals surface area contributed by atoms with E-state index in [4.69, 9.17) is 37.7 Å². The molecular weight excluding hydrogens is 605 g/mol. The highest BCUT2D eigenvalue weighted by Gasteiger charge is 2.46. The van der Waals surface area contributed by atoms with Gasteiger partial charge in [-0.25, -0.2) is 9.78 Å². The van der Waals surface area contributed by atoms with Gasteiger partial charge in [0.25, 0.3) is 0 Å². The number of amides is 1. The monoisotopic (exact) mass is 643 g/mol. The summed E-state index contributed by atoms with van der Waals surface area (Å²) in [4.78, 5) is 20.5. The third-order valence-corrected chi connectivity index (χ3v) is 10.2. The minimum absolute atomic E-state index is 0.0337. The number of rotatable bonds is 8. The van der Waals surface area contributed by atoms with Crippen LogP contribution >= 0.6 is 35.0 Å². The highest BCUT2D eigenvalue weighted by Crippen LogP contribution is 2.48. The molecule has 3 aromatic rings. The summed E-state index contributed by atoms with van der Waals surface area (Å²) < 4.78 is 11.9. The van der Waals surface area contributed by atoms with Crippen LogP contribution < -0.4 is 15.0 Å². The summed E-state index contributed by atoms with van der Waals surface area (Å²) in [6, 6.07) is 17.5. The number of aliphatic hydroxyl groups is 1. The molecule has 1 spiro atoms. The molecular formula is C33H39Cl2N3O4S. The Hall–Kier alpha value is -2.65. The molecule has 1 aromatic heterocycles. The molecule has 10 heteroatoms. The van der Waals surface area contributed by atoms with Crippen molar-refractivity contribution >= 4 is 46.7 Å². The van der Waals surface area contributed by atoms with Crippen LogP contribution in [0.5, 0.6) is 5.75 Å². The minimum Gasteiger partial charge on any atom is -0.486 e. The molecule has 1 atom stereocenters. The van der Waals surface area contributed by atoms with Gasteiger partial charge in [-0.15, -0.1) is 0 Å². The van der Waals surface area contributed by atoms with E-state index in [1.807, 2.05) is 69.3 Å². The van der Waals surface area contributed by atoms with Crippen molar-refractivity contribution in [3.8, 4) is 5.75 Å². The van der Waals surface area contributed by atoms with E-state index in [0.29, 0.717) is 33.1 Å². The maximum absolute atomic E-state index is 12.6. The Kier molecular flexibility index (Phi) is 10.0. The summed E-state index contributed by atoms with van der Waals surface area (Å²) in [5, 5.41) is 15.1. The summed E-state index contributed by atoms with van der Waals surface area (Å²) in [7, 11) is 0. The second-order valence-electron chi connectivity index (χ2n) is 12.3. The van der Waals surface area contributed by atoms with Crippen LogP contribution in [0.3, 0.4) is 0 Å². The van der Waals surface area contributed by atoms with E-state index in [0.717, 1.165) is 61.3 Å². The number of hydrogen-bond donors (Lipinski definition) is 2. The summed E-state index contributed by atoms with van der Waals surface area (Å²) >= 11 is 14.2. The lowest BCUT2D eigenvalue weighted by Gasteiger charge is -2.44. The van der Waals surface area contributed by atoms with Crippen molar-refractivity contribution < 1.29 is 19.4 Å². The molecule has 1 amide bonds. The third kappa shape index (κ3) is 7.72. The number of nitrogens with zero attached hydrogens (tertiary/aromatic N) is 2. The van der Waals surface area contributed by atoms with E-state index >= 15 is 0 Å². The van der Waals surface area contributed by atoms with Gasteiger partial charge >= 0.3 is 6.09 Å². The predicted molar refractivity (Wildman–Crippen MR) is 172 cm³/mol. The van der Waals surface area contributed by atoms with E-state index in [9.17, 15) is 9.90 Å². The van der Waals surface area contributed by atoms with Crippen LogP contribution in [-0.4, -0.2) is 40.9 Å². The number of pyridine rings is 1. The molecule has 2 aromatic carbocycles. The number of halogens is 2. The van der Waals surface area contributed by atoms with Gasteiger partial charge in [-0.2, -0.15) is 0 Å². The summed E-state index contributed by atoms with van der Waals surface area (Å²) in [6.07, 6.45) is 4.62. The molecule has 1 aliphatic carbocycles. The maximum atomic E-state index is 12.6. The van der Waals surface area contributed by atoms with Crippen LogP contribution in [0.25, 0.3) is 0 Å². The third-order valence-electron chi connectivity index (χ3n) is 8.22. The largest absolute Gasteiger partial charge is 0.486 e. The molecule has 7 nitrogen and oxygen atoms in total. The lowest BCUT2D eigenvalue weighted by Crippen LogP contribution is -2.51. The molecule has 0 bridgehead atoms. The van der Waals surface area contributed by atoms with Gasteiger partial charge < -0.3 is 24.8 Å². The van der Waals surface area contributed by atoms with E-state index in [1.165, 1.54) is 11.8 Å². The second kappa shape index (κ2) is 13.6. The quantitative estimate of drug-likeness (QED) is 0.255. The fourth-order valence-electron chi connectivity index (χ4n) is 6.08. The molecule has 1 saturated carbocycles. The zero-order valence-corrected chi connectivity index (χ0v) is 27.2. The van der Waals surface area contributed by atoms with Gasteiger partial charge in [0.2, 0.25) is 0 Å². The van der Waals surface area contributed by atoms with Crippen LogP contribution in [-0.2, 0) is 18.0 Å². The van der Waals surface area contributed by atoms with Crippen LogP contribution in [0.15, 0.2) is 64.5 Å². The Morgan fingerprint density at radius 2 is 1.86 bits per heavy atom. The Bertz CT molecular complexity index is 1430. The number of benzene rings is 2. The number of ether oxygens (including phenoxy) is 2. The molecule has 43 heavy (non-hydrogen) atoms. The van der Waals surface area contributed by atoms with Gasteiger partial charge in [0.1, 0.15) is 17.2 Å². The van der Waals surface area contributed by atoms with E-state index in [-0.39, 0.29) is 24.2 Å². The highest BCUT2D eigenvalue weighted by molar-refractivity contribution is 7.99. The SMILES string of the molecule is CC(C)(C)OC(=O)N[C@@H]1CCCC12CCN(c1cc(OCc3ccccc3)c(Sc3cccc(Cl)c3Cl)nc1CO)CC2. The molecule has 2 N–H and O–H groups in total. The van der Waals surface area contributed by atoms with Crippen molar-refractivity contribution in [3.05, 3.63) is 75.9 Å². The lowest BCUT2D eigenvalue weighted by molar-refractivity contribution is 0.0442. The maximum Gasteiger partial charge on any atom is 0.407 e. The molecule has 1 aliphatic heterocycles. The van der Waals surface area contributed by atoms with Crippen LogP contribution in [0.1, 0.15) is 64.1 Å². The van der Waals surface area contributed by atoms with Gasteiger partial charge in [-0.3, -0.25) is 0 Å². The first-order valence-corrected chi connectivity index (χ1v) is 16.3. The number of alkyl carbamates (subject to hydrolysis) is 1. The van der Waals surface area contributed by atoms with Gasteiger partial charge in [-0.05, 0) is 69.6 Å². The van der Waals surface area contributed by atoms with Gasteiger partial charge in [-0.1, -0.05) is 77.8 Å². The van der Waals surface area contributed by atoms with Crippen LogP contribution in [0, 0.1) is 5.41 Å². The van der Waals surface area contributed by atoms with Crippen molar-refractivity contribution in [3.63, 3.8) is 0 Å². The topological polar surface area (TPSA) is 83.9 Å². The van der Waals surface area contributed by atoms with Crippen molar-refractivity contribution in [1.82, 2.24) is 10.3 Å². The molecule has 2 heterocycles. The average molecular weight is 645 g/mol. The van der Waals surface area contributed by atoms with Gasteiger partial charge in [0, 0.05) is 30.1 Å². The number of aromatic nitrogens is 1. The highest BCUT2D eigenvalue weighted by atomic mass is 35.5. The van der Waals surface area contributed by atoms with Gasteiger partial charge in [0.15, 0.2) is 5.75 Å². The van der Waals surface area contributed by atoms with Crippen LogP contribution in [0.2, 0.25) is 10.0 Å². The van der Waals surface area contributed by atoms with Crippen LogP contribution in [0.4, 0.5) is 10.5 Å². The number of piperidine rings is 1.